The molecule has 2 atom stereocenters. The van der Waals surface area contributed by atoms with E-state index in [2.05, 4.69) is 31.2 Å². The normalized spacial score (nSPS) is 20.2. The van der Waals surface area contributed by atoms with Crippen LogP contribution in [0.2, 0.25) is 0 Å². The van der Waals surface area contributed by atoms with Crippen molar-refractivity contribution in [3.05, 3.63) is 84.2 Å². The van der Waals surface area contributed by atoms with Gasteiger partial charge in [-0.25, -0.2) is 0 Å². The summed E-state index contributed by atoms with van der Waals surface area (Å²) in [5.41, 5.74) is 3.07. The second-order valence-electron chi connectivity index (χ2n) is 5.70. The van der Waals surface area contributed by atoms with Crippen LogP contribution in [0.1, 0.15) is 29.2 Å². The van der Waals surface area contributed by atoms with Crippen LogP contribution in [-0.4, -0.2) is 25.0 Å². The number of pyridine rings is 2. The van der Waals surface area contributed by atoms with Gasteiger partial charge >= 0.3 is 0 Å². The van der Waals surface area contributed by atoms with Crippen molar-refractivity contribution >= 4 is 17.3 Å². The molecule has 2 N–H and O–H groups in total. The van der Waals surface area contributed by atoms with E-state index < -0.39 is 0 Å². The van der Waals surface area contributed by atoms with Crippen molar-refractivity contribution in [3.8, 4) is 0 Å². The average molecular weight is 335 g/mol. The monoisotopic (exact) mass is 335 g/mol. The fourth-order valence-corrected chi connectivity index (χ4v) is 3.41. The van der Waals surface area contributed by atoms with Gasteiger partial charge in [0, 0.05) is 24.3 Å². The maximum absolute atomic E-state index is 5.61. The number of H-pyrrole nitrogens is 1. The molecular weight excluding hydrogens is 318 g/mol. The van der Waals surface area contributed by atoms with E-state index in [1.807, 2.05) is 61.1 Å². The lowest BCUT2D eigenvalue weighted by Crippen LogP contribution is -2.29. The van der Waals surface area contributed by atoms with E-state index in [-0.39, 0.29) is 12.1 Å². The zero-order valence-corrected chi connectivity index (χ0v) is 13.8. The molecule has 1 aliphatic rings. The van der Waals surface area contributed by atoms with Gasteiger partial charge < -0.3 is 15.2 Å². The molecule has 3 aromatic heterocycles. The number of nitrogens with zero attached hydrogens (tertiary/aromatic N) is 3. The first-order chi connectivity index (χ1) is 11.8. The lowest BCUT2D eigenvalue weighted by molar-refractivity contribution is 0.303. The highest BCUT2D eigenvalue weighted by Gasteiger charge is 2.40. The Morgan fingerprint density at radius 3 is 2.50 bits per heavy atom. The predicted octanol–water partition coefficient (Wildman–Crippen LogP) is 2.98. The summed E-state index contributed by atoms with van der Waals surface area (Å²) in [6.45, 7) is 0.652. The summed E-state index contributed by atoms with van der Waals surface area (Å²) in [7, 11) is 0. The van der Waals surface area contributed by atoms with E-state index in [0.717, 1.165) is 22.2 Å². The Morgan fingerprint density at radius 1 is 1.00 bits per heavy atom. The molecule has 0 saturated carbocycles. The molecule has 0 bridgehead atoms. The average Bonchev–Trinajstić information content (AvgIpc) is 3.25. The lowest BCUT2D eigenvalue weighted by atomic mass is 10.0. The molecule has 24 heavy (non-hydrogen) atoms. The Balaban J connectivity index is 1.71. The summed E-state index contributed by atoms with van der Waals surface area (Å²) in [5, 5.41) is 4.14. The van der Waals surface area contributed by atoms with Gasteiger partial charge in [0.15, 0.2) is 5.11 Å². The number of hydrogen-bond donors (Lipinski definition) is 2. The quantitative estimate of drug-likeness (QED) is 0.718. The van der Waals surface area contributed by atoms with Gasteiger partial charge in [0.25, 0.3) is 0 Å². The molecule has 4 heterocycles. The Morgan fingerprint density at radius 2 is 1.83 bits per heavy atom. The SMILES string of the molecule is S=C1N[C@H](c2ccccn2)[C@@H](c2ccc[nH]2)N1Cc1ccccn1. The minimum Gasteiger partial charge on any atom is -0.363 e. The molecule has 6 heteroatoms. The summed E-state index contributed by atoms with van der Waals surface area (Å²) < 4.78 is 0. The van der Waals surface area contributed by atoms with Gasteiger partial charge in [-0.2, -0.15) is 0 Å². The van der Waals surface area contributed by atoms with Gasteiger partial charge in [0.05, 0.1) is 30.0 Å². The number of hydrogen-bond acceptors (Lipinski definition) is 3. The van der Waals surface area contributed by atoms with Crippen molar-refractivity contribution in [2.24, 2.45) is 0 Å². The molecule has 1 fully saturated rings. The number of aromatic nitrogens is 3. The van der Waals surface area contributed by atoms with Crippen molar-refractivity contribution in [2.75, 3.05) is 0 Å². The first-order valence-corrected chi connectivity index (χ1v) is 8.25. The molecule has 0 aliphatic carbocycles. The zero-order valence-electron chi connectivity index (χ0n) is 13.0. The Hall–Kier alpha value is -2.73. The fourth-order valence-electron chi connectivity index (χ4n) is 3.11. The lowest BCUT2D eigenvalue weighted by Gasteiger charge is -2.26. The third-order valence-corrected chi connectivity index (χ3v) is 4.55. The molecular formula is C18H17N5S. The Bertz CT molecular complexity index is 804. The van der Waals surface area contributed by atoms with Crippen LogP contribution in [0.3, 0.4) is 0 Å². The highest BCUT2D eigenvalue weighted by Crippen LogP contribution is 2.38. The molecule has 3 aromatic rings. The molecule has 0 aromatic carbocycles. The minimum atomic E-state index is 0.000984. The van der Waals surface area contributed by atoms with E-state index >= 15 is 0 Å². The number of nitrogens with one attached hydrogen (secondary N) is 2. The first kappa shape index (κ1) is 14.8. The summed E-state index contributed by atoms with van der Waals surface area (Å²) in [6, 6.07) is 16.0. The van der Waals surface area contributed by atoms with Gasteiger partial charge in [-0.05, 0) is 48.6 Å². The standard InChI is InChI=1S/C18H17N5S/c24-18-22-16(14-7-2-4-10-20-14)17(15-8-5-11-21-15)23(18)12-13-6-1-3-9-19-13/h1-11,16-17,21H,12H2,(H,22,24)/t16-,17-/m1/s1. The minimum absolute atomic E-state index is 0.000984. The second-order valence-corrected chi connectivity index (χ2v) is 6.09. The van der Waals surface area contributed by atoms with Crippen molar-refractivity contribution in [2.45, 2.75) is 18.6 Å². The second kappa shape index (κ2) is 6.41. The van der Waals surface area contributed by atoms with Gasteiger partial charge in [0.1, 0.15) is 0 Å². The summed E-state index contributed by atoms with van der Waals surface area (Å²) in [5.74, 6) is 0. The van der Waals surface area contributed by atoms with Crippen LogP contribution in [0.4, 0.5) is 0 Å². The number of rotatable bonds is 4. The highest BCUT2D eigenvalue weighted by atomic mass is 32.1. The third kappa shape index (κ3) is 2.76. The van der Waals surface area contributed by atoms with Crippen molar-refractivity contribution < 1.29 is 0 Å². The van der Waals surface area contributed by atoms with Crippen molar-refractivity contribution in [1.29, 1.82) is 0 Å². The van der Waals surface area contributed by atoms with E-state index in [1.54, 1.807) is 0 Å². The smallest absolute Gasteiger partial charge is 0.170 e. The van der Waals surface area contributed by atoms with Crippen LogP contribution >= 0.6 is 12.2 Å². The van der Waals surface area contributed by atoms with Crippen LogP contribution in [0.25, 0.3) is 0 Å². The summed E-state index contributed by atoms with van der Waals surface area (Å²) in [6.07, 6.45) is 5.56. The molecule has 1 saturated heterocycles. The maximum Gasteiger partial charge on any atom is 0.170 e. The third-order valence-electron chi connectivity index (χ3n) is 4.20. The van der Waals surface area contributed by atoms with Crippen LogP contribution < -0.4 is 5.32 Å². The van der Waals surface area contributed by atoms with Crippen molar-refractivity contribution in [1.82, 2.24) is 25.2 Å². The molecule has 5 nitrogen and oxygen atoms in total. The molecule has 4 rings (SSSR count). The number of aromatic amines is 1. The topological polar surface area (TPSA) is 56.8 Å². The van der Waals surface area contributed by atoms with E-state index in [1.165, 1.54) is 0 Å². The molecule has 0 spiro atoms. The number of thiocarbonyl (C=S) groups is 1. The molecule has 0 radical (unpaired) electrons. The maximum atomic E-state index is 5.61. The molecule has 1 aliphatic heterocycles. The molecule has 0 unspecified atom stereocenters. The largest absolute Gasteiger partial charge is 0.363 e. The molecule has 0 amide bonds. The van der Waals surface area contributed by atoms with Crippen LogP contribution in [0, 0.1) is 0 Å². The summed E-state index contributed by atoms with van der Waals surface area (Å²) >= 11 is 5.61. The van der Waals surface area contributed by atoms with Crippen LogP contribution in [0.15, 0.2) is 67.1 Å². The first-order valence-electron chi connectivity index (χ1n) is 7.84. The van der Waals surface area contributed by atoms with Gasteiger partial charge in [-0.15, -0.1) is 0 Å². The molecule has 120 valence electrons. The van der Waals surface area contributed by atoms with Crippen molar-refractivity contribution in [3.63, 3.8) is 0 Å². The van der Waals surface area contributed by atoms with Gasteiger partial charge in [-0.1, -0.05) is 12.1 Å². The van der Waals surface area contributed by atoms with E-state index in [9.17, 15) is 0 Å². The summed E-state index contributed by atoms with van der Waals surface area (Å²) in [4.78, 5) is 14.4. The van der Waals surface area contributed by atoms with Gasteiger partial charge in [-0.3, -0.25) is 9.97 Å². The van der Waals surface area contributed by atoms with E-state index in [4.69, 9.17) is 12.2 Å². The predicted molar refractivity (Wildman–Crippen MR) is 96.0 cm³/mol. The Kier molecular flexibility index (Phi) is 3.96. The van der Waals surface area contributed by atoms with Crippen LogP contribution in [0.5, 0.6) is 0 Å². The van der Waals surface area contributed by atoms with Gasteiger partial charge in [0.2, 0.25) is 0 Å². The zero-order chi connectivity index (χ0) is 16.4. The Labute approximate surface area is 145 Å². The van der Waals surface area contributed by atoms with Crippen LogP contribution in [-0.2, 0) is 6.54 Å². The highest BCUT2D eigenvalue weighted by molar-refractivity contribution is 7.80. The van der Waals surface area contributed by atoms with E-state index in [0.29, 0.717) is 6.54 Å². The fraction of sp³-hybridized carbons (Fsp3) is 0.167.